The van der Waals surface area contributed by atoms with E-state index in [4.69, 9.17) is 4.74 Å². The van der Waals surface area contributed by atoms with Gasteiger partial charge in [-0.3, -0.25) is 4.90 Å². The van der Waals surface area contributed by atoms with Crippen LogP contribution in [-0.2, 0) is 4.74 Å². The van der Waals surface area contributed by atoms with E-state index < -0.39 is 5.97 Å². The summed E-state index contributed by atoms with van der Waals surface area (Å²) in [5.41, 5.74) is 0.868. The van der Waals surface area contributed by atoms with Crippen molar-refractivity contribution in [3.8, 4) is 0 Å². The SMILES string of the molecule is COC(=O)c1ccccc1NC(=O)N1CC[C@H](N2CCCC2)C1. The van der Waals surface area contributed by atoms with Crippen LogP contribution in [0.1, 0.15) is 29.6 Å². The van der Waals surface area contributed by atoms with E-state index in [-0.39, 0.29) is 6.03 Å². The topological polar surface area (TPSA) is 61.9 Å². The maximum Gasteiger partial charge on any atom is 0.339 e. The molecule has 6 nitrogen and oxygen atoms in total. The molecule has 1 N–H and O–H groups in total. The number of esters is 1. The van der Waals surface area contributed by atoms with Crippen LogP contribution in [0.4, 0.5) is 10.5 Å². The average Bonchev–Trinajstić information content (AvgIpc) is 3.25. The molecule has 2 heterocycles. The number of methoxy groups -OCH3 is 1. The summed E-state index contributed by atoms with van der Waals surface area (Å²) in [6, 6.07) is 7.24. The van der Waals surface area contributed by atoms with Crippen molar-refractivity contribution >= 4 is 17.7 Å². The van der Waals surface area contributed by atoms with Gasteiger partial charge in [0, 0.05) is 19.1 Å². The lowest BCUT2D eigenvalue weighted by Gasteiger charge is -2.24. The summed E-state index contributed by atoms with van der Waals surface area (Å²) in [5, 5.41) is 2.85. The number of para-hydroxylation sites is 1. The second-order valence-electron chi connectivity index (χ2n) is 6.10. The summed E-state index contributed by atoms with van der Waals surface area (Å²) in [4.78, 5) is 28.6. The number of rotatable bonds is 3. The van der Waals surface area contributed by atoms with Gasteiger partial charge < -0.3 is 15.0 Å². The largest absolute Gasteiger partial charge is 0.465 e. The van der Waals surface area contributed by atoms with Crippen LogP contribution in [0.2, 0.25) is 0 Å². The van der Waals surface area contributed by atoms with Gasteiger partial charge in [-0.05, 0) is 44.5 Å². The average molecular weight is 317 g/mol. The van der Waals surface area contributed by atoms with Crippen LogP contribution in [0.25, 0.3) is 0 Å². The molecule has 3 rings (SSSR count). The Morgan fingerprint density at radius 2 is 1.91 bits per heavy atom. The Kier molecular flexibility index (Phi) is 4.81. The molecule has 0 saturated carbocycles. The van der Waals surface area contributed by atoms with Crippen LogP contribution in [0, 0.1) is 0 Å². The number of benzene rings is 1. The number of amides is 2. The normalized spacial score (nSPS) is 21.4. The van der Waals surface area contributed by atoms with Gasteiger partial charge in [-0.2, -0.15) is 0 Å². The standard InChI is InChI=1S/C17H23N3O3/c1-23-16(21)14-6-2-3-7-15(14)18-17(22)20-11-8-13(12-20)19-9-4-5-10-19/h2-3,6-7,13H,4-5,8-12H2,1H3,(H,18,22)/t13-/m0/s1. The molecule has 1 aromatic rings. The Balaban J connectivity index is 1.63. The minimum absolute atomic E-state index is 0.150. The van der Waals surface area contributed by atoms with Gasteiger partial charge in [0.2, 0.25) is 0 Å². The second kappa shape index (κ2) is 7.00. The first-order chi connectivity index (χ1) is 11.2. The fourth-order valence-electron chi connectivity index (χ4n) is 3.41. The molecule has 6 heteroatoms. The van der Waals surface area contributed by atoms with Gasteiger partial charge >= 0.3 is 12.0 Å². The molecule has 2 aliphatic heterocycles. The summed E-state index contributed by atoms with van der Waals surface area (Å²) in [5.74, 6) is -0.447. The first-order valence-corrected chi connectivity index (χ1v) is 8.16. The number of hydrogen-bond donors (Lipinski definition) is 1. The predicted octanol–water partition coefficient (Wildman–Crippen LogP) is 2.18. The van der Waals surface area contributed by atoms with Gasteiger partial charge in [-0.1, -0.05) is 12.1 Å². The molecule has 0 spiro atoms. The van der Waals surface area contributed by atoms with Gasteiger partial charge in [0.15, 0.2) is 0 Å². The molecule has 0 radical (unpaired) electrons. The van der Waals surface area contributed by atoms with E-state index in [0.29, 0.717) is 17.3 Å². The van der Waals surface area contributed by atoms with Crippen molar-refractivity contribution in [3.05, 3.63) is 29.8 Å². The zero-order valence-electron chi connectivity index (χ0n) is 13.5. The van der Waals surface area contributed by atoms with E-state index >= 15 is 0 Å². The zero-order valence-corrected chi connectivity index (χ0v) is 13.5. The van der Waals surface area contributed by atoms with Crippen molar-refractivity contribution in [1.82, 2.24) is 9.80 Å². The maximum atomic E-state index is 12.5. The fourth-order valence-corrected chi connectivity index (χ4v) is 3.41. The highest BCUT2D eigenvalue weighted by atomic mass is 16.5. The highest BCUT2D eigenvalue weighted by molar-refractivity contribution is 6.00. The number of nitrogens with zero attached hydrogens (tertiary/aromatic N) is 2. The Labute approximate surface area is 136 Å². The minimum atomic E-state index is -0.447. The summed E-state index contributed by atoms with van der Waals surface area (Å²) in [6.07, 6.45) is 3.54. The predicted molar refractivity (Wildman–Crippen MR) is 87.6 cm³/mol. The molecule has 1 atom stereocenters. The molecule has 2 aliphatic rings. The molecule has 0 aromatic heterocycles. The third kappa shape index (κ3) is 3.47. The van der Waals surface area contributed by atoms with E-state index in [1.165, 1.54) is 20.0 Å². The molecular formula is C17H23N3O3. The number of hydrogen-bond acceptors (Lipinski definition) is 4. The molecule has 1 aromatic carbocycles. The highest BCUT2D eigenvalue weighted by Crippen LogP contribution is 2.22. The van der Waals surface area contributed by atoms with Crippen molar-refractivity contribution in [1.29, 1.82) is 0 Å². The van der Waals surface area contributed by atoms with Gasteiger partial charge in [-0.25, -0.2) is 9.59 Å². The Morgan fingerprint density at radius 3 is 2.65 bits per heavy atom. The Morgan fingerprint density at radius 1 is 1.17 bits per heavy atom. The molecule has 23 heavy (non-hydrogen) atoms. The minimum Gasteiger partial charge on any atom is -0.465 e. The van der Waals surface area contributed by atoms with Gasteiger partial charge in [-0.15, -0.1) is 0 Å². The highest BCUT2D eigenvalue weighted by Gasteiger charge is 2.31. The van der Waals surface area contributed by atoms with E-state index in [1.54, 1.807) is 24.3 Å². The van der Waals surface area contributed by atoms with Gasteiger partial charge in [0.1, 0.15) is 0 Å². The van der Waals surface area contributed by atoms with Crippen molar-refractivity contribution in [2.24, 2.45) is 0 Å². The third-order valence-electron chi connectivity index (χ3n) is 4.68. The van der Waals surface area contributed by atoms with Crippen molar-refractivity contribution in [2.45, 2.75) is 25.3 Å². The van der Waals surface area contributed by atoms with Crippen molar-refractivity contribution in [3.63, 3.8) is 0 Å². The van der Waals surface area contributed by atoms with Gasteiger partial charge in [0.05, 0.1) is 18.4 Å². The molecule has 2 amide bonds. The van der Waals surface area contributed by atoms with Crippen LogP contribution in [-0.4, -0.2) is 61.1 Å². The van der Waals surface area contributed by atoms with Crippen LogP contribution in [0.15, 0.2) is 24.3 Å². The molecular weight excluding hydrogens is 294 g/mol. The zero-order chi connectivity index (χ0) is 16.2. The lowest BCUT2D eigenvalue weighted by Crippen LogP contribution is -2.38. The summed E-state index contributed by atoms with van der Waals surface area (Å²) < 4.78 is 4.76. The van der Waals surface area contributed by atoms with Crippen LogP contribution >= 0.6 is 0 Å². The van der Waals surface area contributed by atoms with Crippen LogP contribution < -0.4 is 5.32 Å². The Hall–Kier alpha value is -2.08. The second-order valence-corrected chi connectivity index (χ2v) is 6.10. The Bertz CT molecular complexity index is 584. The first-order valence-electron chi connectivity index (χ1n) is 8.16. The van der Waals surface area contributed by atoms with Gasteiger partial charge in [0.25, 0.3) is 0 Å². The summed E-state index contributed by atoms with van der Waals surface area (Å²) in [6.45, 7) is 3.80. The van der Waals surface area contributed by atoms with Crippen LogP contribution in [0.5, 0.6) is 0 Å². The number of urea groups is 1. The van der Waals surface area contributed by atoms with E-state index in [1.807, 2.05) is 4.90 Å². The smallest absolute Gasteiger partial charge is 0.339 e. The quantitative estimate of drug-likeness (QED) is 0.868. The van der Waals surface area contributed by atoms with E-state index in [9.17, 15) is 9.59 Å². The number of carbonyl (C=O) groups excluding carboxylic acids is 2. The number of likely N-dealkylation sites (tertiary alicyclic amines) is 2. The summed E-state index contributed by atoms with van der Waals surface area (Å²) in [7, 11) is 1.34. The number of anilines is 1. The summed E-state index contributed by atoms with van der Waals surface area (Å²) >= 11 is 0. The first kappa shape index (κ1) is 15.8. The number of carbonyl (C=O) groups is 2. The molecule has 124 valence electrons. The number of nitrogens with one attached hydrogen (secondary N) is 1. The lowest BCUT2D eigenvalue weighted by atomic mass is 10.2. The molecule has 0 aliphatic carbocycles. The molecule has 0 unspecified atom stereocenters. The third-order valence-corrected chi connectivity index (χ3v) is 4.68. The van der Waals surface area contributed by atoms with Crippen LogP contribution in [0.3, 0.4) is 0 Å². The van der Waals surface area contributed by atoms with Crippen molar-refractivity contribution < 1.29 is 14.3 Å². The molecule has 2 saturated heterocycles. The van der Waals surface area contributed by atoms with Crippen molar-refractivity contribution in [2.75, 3.05) is 38.6 Å². The van der Waals surface area contributed by atoms with E-state index in [0.717, 1.165) is 32.6 Å². The molecule has 2 fully saturated rings. The van der Waals surface area contributed by atoms with E-state index in [2.05, 4.69) is 10.2 Å². The monoisotopic (exact) mass is 317 g/mol. The maximum absolute atomic E-state index is 12.5. The molecule has 0 bridgehead atoms. The lowest BCUT2D eigenvalue weighted by molar-refractivity contribution is 0.0602. The number of ether oxygens (including phenoxy) is 1. The fraction of sp³-hybridized carbons (Fsp3) is 0.529.